The molecule has 25 heavy (non-hydrogen) atoms. The second-order valence-corrected chi connectivity index (χ2v) is 5.83. The van der Waals surface area contributed by atoms with E-state index in [0.717, 1.165) is 35.8 Å². The minimum absolute atomic E-state index is 0. The van der Waals surface area contributed by atoms with Crippen molar-refractivity contribution in [1.29, 1.82) is 0 Å². The number of rotatable bonds is 5. The Morgan fingerprint density at radius 3 is 2.52 bits per heavy atom. The minimum Gasteiger partial charge on any atom is -0.457 e. The summed E-state index contributed by atoms with van der Waals surface area (Å²) in [7, 11) is 0. The van der Waals surface area contributed by atoms with Crippen LogP contribution in [0.3, 0.4) is 0 Å². The van der Waals surface area contributed by atoms with Crippen LogP contribution in [0.2, 0.25) is 0 Å². The average Bonchev–Trinajstić information content (AvgIpc) is 2.59. The zero-order valence-electron chi connectivity index (χ0n) is 14.2. The predicted molar refractivity (Wildman–Crippen MR) is 101 cm³/mol. The average molecular weight is 363 g/mol. The normalized spacial score (nSPS) is 14.4. The molecule has 134 valence electrons. The van der Waals surface area contributed by atoms with Crippen LogP contribution in [-0.2, 0) is 9.53 Å². The molecule has 1 aliphatic heterocycles. The van der Waals surface area contributed by atoms with Crippen molar-refractivity contribution in [3.8, 4) is 11.5 Å². The highest BCUT2D eigenvalue weighted by atomic mass is 35.5. The van der Waals surface area contributed by atoms with Gasteiger partial charge in [0, 0.05) is 18.8 Å². The van der Waals surface area contributed by atoms with Crippen LogP contribution in [0.1, 0.15) is 5.56 Å². The predicted octanol–water partition coefficient (Wildman–Crippen LogP) is 3.48. The lowest BCUT2D eigenvalue weighted by Crippen LogP contribution is -2.41. The van der Waals surface area contributed by atoms with Crippen LogP contribution < -0.4 is 10.1 Å². The van der Waals surface area contributed by atoms with E-state index in [1.165, 1.54) is 0 Å². The highest BCUT2D eigenvalue weighted by molar-refractivity contribution is 5.93. The maximum absolute atomic E-state index is 12.2. The van der Waals surface area contributed by atoms with E-state index in [1.807, 2.05) is 55.5 Å². The van der Waals surface area contributed by atoms with Gasteiger partial charge in [-0.3, -0.25) is 9.69 Å². The van der Waals surface area contributed by atoms with Gasteiger partial charge in [-0.25, -0.2) is 0 Å². The molecule has 1 saturated heterocycles. The van der Waals surface area contributed by atoms with Gasteiger partial charge in [-0.2, -0.15) is 0 Å². The number of morpholine rings is 1. The topological polar surface area (TPSA) is 50.8 Å². The molecule has 1 heterocycles. The Hall–Kier alpha value is -2.08. The summed E-state index contributed by atoms with van der Waals surface area (Å²) in [5, 5.41) is 2.97. The van der Waals surface area contributed by atoms with E-state index in [1.54, 1.807) is 0 Å². The van der Waals surface area contributed by atoms with Gasteiger partial charge in [-0.15, -0.1) is 12.4 Å². The maximum atomic E-state index is 12.2. The first-order valence-corrected chi connectivity index (χ1v) is 8.14. The van der Waals surface area contributed by atoms with E-state index >= 15 is 0 Å². The fourth-order valence-electron chi connectivity index (χ4n) is 2.62. The number of carbonyl (C=O) groups excluding carboxylic acids is 1. The smallest absolute Gasteiger partial charge is 0.238 e. The van der Waals surface area contributed by atoms with Gasteiger partial charge in [0.1, 0.15) is 11.5 Å². The molecular formula is C19H23ClN2O3. The molecule has 1 fully saturated rings. The summed E-state index contributed by atoms with van der Waals surface area (Å²) in [6.45, 7) is 5.34. The molecule has 0 aromatic heterocycles. The summed E-state index contributed by atoms with van der Waals surface area (Å²) in [5.74, 6) is 1.54. The molecular weight excluding hydrogens is 340 g/mol. The van der Waals surface area contributed by atoms with Crippen LogP contribution in [-0.4, -0.2) is 43.7 Å². The molecule has 0 saturated carbocycles. The zero-order valence-corrected chi connectivity index (χ0v) is 15.1. The lowest BCUT2D eigenvalue weighted by molar-refractivity contribution is -0.118. The van der Waals surface area contributed by atoms with Gasteiger partial charge in [0.05, 0.1) is 19.8 Å². The Balaban J connectivity index is 0.00000225. The number of carbonyl (C=O) groups is 1. The zero-order chi connectivity index (χ0) is 16.8. The summed E-state index contributed by atoms with van der Waals surface area (Å²) in [6.07, 6.45) is 0. The first-order valence-electron chi connectivity index (χ1n) is 8.14. The van der Waals surface area contributed by atoms with Gasteiger partial charge < -0.3 is 14.8 Å². The van der Waals surface area contributed by atoms with Crippen molar-refractivity contribution >= 4 is 24.0 Å². The van der Waals surface area contributed by atoms with E-state index in [9.17, 15) is 4.79 Å². The Kier molecular flexibility index (Phi) is 7.25. The molecule has 1 amide bonds. The molecule has 0 unspecified atom stereocenters. The Morgan fingerprint density at radius 2 is 1.84 bits per heavy atom. The van der Waals surface area contributed by atoms with Crippen molar-refractivity contribution in [2.45, 2.75) is 6.92 Å². The molecule has 6 heteroatoms. The standard InChI is InChI=1S/C19H22N2O3.ClH/c1-15-13-17(24-16-5-3-2-4-6-16)7-8-18(15)20-19(22)14-21-9-11-23-12-10-21;/h2-8,13H,9-12,14H2,1H3,(H,20,22);1H. The van der Waals surface area contributed by atoms with Crippen molar-refractivity contribution in [2.24, 2.45) is 0 Å². The number of hydrogen-bond donors (Lipinski definition) is 1. The fraction of sp³-hybridized carbons (Fsp3) is 0.316. The van der Waals surface area contributed by atoms with Crippen molar-refractivity contribution in [2.75, 3.05) is 38.2 Å². The molecule has 3 rings (SSSR count). The highest BCUT2D eigenvalue weighted by Crippen LogP contribution is 2.25. The van der Waals surface area contributed by atoms with Crippen LogP contribution >= 0.6 is 12.4 Å². The van der Waals surface area contributed by atoms with Gasteiger partial charge in [0.2, 0.25) is 5.91 Å². The fourth-order valence-corrected chi connectivity index (χ4v) is 2.62. The quantitative estimate of drug-likeness (QED) is 0.884. The van der Waals surface area contributed by atoms with Gasteiger partial charge >= 0.3 is 0 Å². The summed E-state index contributed by atoms with van der Waals surface area (Å²) in [5.41, 5.74) is 1.78. The first-order chi connectivity index (χ1) is 11.7. The van der Waals surface area contributed by atoms with Crippen molar-refractivity contribution in [3.05, 3.63) is 54.1 Å². The first kappa shape index (κ1) is 19.2. The lowest BCUT2D eigenvalue weighted by atomic mass is 10.2. The Labute approximate surface area is 154 Å². The third-order valence-electron chi connectivity index (χ3n) is 3.92. The summed E-state index contributed by atoms with van der Waals surface area (Å²) < 4.78 is 11.1. The van der Waals surface area contributed by atoms with Crippen LogP contribution in [0.5, 0.6) is 11.5 Å². The second-order valence-electron chi connectivity index (χ2n) is 5.83. The Bertz CT molecular complexity index is 688. The third kappa shape index (κ3) is 5.74. The van der Waals surface area contributed by atoms with E-state index in [2.05, 4.69) is 10.2 Å². The molecule has 1 aliphatic rings. The molecule has 0 spiro atoms. The molecule has 1 N–H and O–H groups in total. The SMILES string of the molecule is Cc1cc(Oc2ccccc2)ccc1NC(=O)CN1CCOCC1.Cl. The van der Waals surface area contributed by atoms with Gasteiger partial charge in [0.25, 0.3) is 0 Å². The molecule has 0 atom stereocenters. The van der Waals surface area contributed by atoms with Gasteiger partial charge in [-0.1, -0.05) is 18.2 Å². The minimum atomic E-state index is -0.00303. The summed E-state index contributed by atoms with van der Waals surface area (Å²) in [6, 6.07) is 15.3. The number of para-hydroxylation sites is 1. The van der Waals surface area contributed by atoms with Crippen LogP contribution in [0.25, 0.3) is 0 Å². The number of benzene rings is 2. The monoisotopic (exact) mass is 362 g/mol. The highest BCUT2D eigenvalue weighted by Gasteiger charge is 2.14. The van der Waals surface area contributed by atoms with Crippen molar-refractivity contribution < 1.29 is 14.3 Å². The number of halogens is 1. The van der Waals surface area contributed by atoms with Crippen LogP contribution in [0, 0.1) is 6.92 Å². The summed E-state index contributed by atoms with van der Waals surface area (Å²) in [4.78, 5) is 14.3. The molecule has 5 nitrogen and oxygen atoms in total. The van der Waals surface area contributed by atoms with Crippen LogP contribution in [0.15, 0.2) is 48.5 Å². The number of nitrogens with one attached hydrogen (secondary N) is 1. The van der Waals surface area contributed by atoms with E-state index in [-0.39, 0.29) is 18.3 Å². The van der Waals surface area contributed by atoms with E-state index < -0.39 is 0 Å². The maximum Gasteiger partial charge on any atom is 0.238 e. The number of nitrogens with zero attached hydrogens (tertiary/aromatic N) is 1. The number of anilines is 1. The molecule has 0 radical (unpaired) electrons. The number of aryl methyl sites for hydroxylation is 1. The Morgan fingerprint density at radius 1 is 1.12 bits per heavy atom. The molecule has 0 aliphatic carbocycles. The lowest BCUT2D eigenvalue weighted by Gasteiger charge is -2.25. The van der Waals surface area contributed by atoms with E-state index in [0.29, 0.717) is 19.8 Å². The van der Waals surface area contributed by atoms with Crippen molar-refractivity contribution in [1.82, 2.24) is 4.90 Å². The molecule has 2 aromatic carbocycles. The summed E-state index contributed by atoms with van der Waals surface area (Å²) >= 11 is 0. The number of hydrogen-bond acceptors (Lipinski definition) is 4. The molecule has 0 bridgehead atoms. The van der Waals surface area contributed by atoms with Crippen LogP contribution in [0.4, 0.5) is 5.69 Å². The van der Waals surface area contributed by atoms with E-state index in [4.69, 9.17) is 9.47 Å². The van der Waals surface area contributed by atoms with Gasteiger partial charge in [0.15, 0.2) is 0 Å². The molecule has 2 aromatic rings. The van der Waals surface area contributed by atoms with Gasteiger partial charge in [-0.05, 0) is 42.8 Å². The number of amides is 1. The number of ether oxygens (including phenoxy) is 2. The second kappa shape index (κ2) is 9.42. The third-order valence-corrected chi connectivity index (χ3v) is 3.92. The van der Waals surface area contributed by atoms with Crippen molar-refractivity contribution in [3.63, 3.8) is 0 Å². The largest absolute Gasteiger partial charge is 0.457 e.